The number of aryl methyl sites for hydroxylation is 1. The second-order valence-electron chi connectivity index (χ2n) is 5.75. The zero-order valence-corrected chi connectivity index (χ0v) is 12.0. The molecule has 3 unspecified atom stereocenters. The first kappa shape index (κ1) is 14.5. The summed E-state index contributed by atoms with van der Waals surface area (Å²) in [5.74, 6) is 7.40. The minimum atomic E-state index is 0.437. The molecule has 1 aromatic rings. The van der Waals surface area contributed by atoms with E-state index in [1.807, 2.05) is 12.3 Å². The minimum absolute atomic E-state index is 0.437. The van der Waals surface area contributed by atoms with Gasteiger partial charge >= 0.3 is 0 Å². The maximum atomic E-state index is 5.81. The third kappa shape index (κ3) is 4.02. The highest BCUT2D eigenvalue weighted by Crippen LogP contribution is 2.35. The molecule has 1 saturated carbocycles. The predicted octanol–water partition coefficient (Wildman–Crippen LogP) is 3.06. The van der Waals surface area contributed by atoms with Gasteiger partial charge in [0, 0.05) is 17.9 Å². The van der Waals surface area contributed by atoms with Gasteiger partial charge in [0.25, 0.3) is 0 Å². The second-order valence-corrected chi connectivity index (χ2v) is 5.75. The first-order valence-corrected chi connectivity index (χ1v) is 7.71. The average molecular weight is 261 g/mol. The quantitative estimate of drug-likeness (QED) is 0.611. The Morgan fingerprint density at radius 2 is 2.21 bits per heavy atom. The van der Waals surface area contributed by atoms with Crippen molar-refractivity contribution < 1.29 is 0 Å². The van der Waals surface area contributed by atoms with Crippen molar-refractivity contribution in [3.8, 4) is 0 Å². The van der Waals surface area contributed by atoms with Gasteiger partial charge in [0.05, 0.1) is 0 Å². The van der Waals surface area contributed by atoms with Gasteiger partial charge in [-0.15, -0.1) is 0 Å². The van der Waals surface area contributed by atoms with Crippen LogP contribution in [0.4, 0.5) is 0 Å². The fourth-order valence-electron chi connectivity index (χ4n) is 3.54. The largest absolute Gasteiger partial charge is 0.271 e. The zero-order valence-electron chi connectivity index (χ0n) is 12.0. The molecule has 3 nitrogen and oxygen atoms in total. The molecule has 0 aliphatic heterocycles. The molecule has 0 saturated heterocycles. The number of nitrogens with one attached hydrogen (secondary N) is 1. The monoisotopic (exact) mass is 261 g/mol. The summed E-state index contributed by atoms with van der Waals surface area (Å²) in [7, 11) is 0. The van der Waals surface area contributed by atoms with Gasteiger partial charge in [-0.2, -0.15) is 0 Å². The molecule has 106 valence electrons. The highest BCUT2D eigenvalue weighted by atomic mass is 15.2. The molecule has 0 bridgehead atoms. The summed E-state index contributed by atoms with van der Waals surface area (Å²) in [5, 5.41) is 0. The molecule has 3 atom stereocenters. The maximum absolute atomic E-state index is 5.81. The Balaban J connectivity index is 1.91. The van der Waals surface area contributed by atoms with Crippen molar-refractivity contribution in [3.63, 3.8) is 0 Å². The van der Waals surface area contributed by atoms with E-state index in [1.165, 1.54) is 37.8 Å². The number of hydrazine groups is 1. The number of pyridine rings is 1. The summed E-state index contributed by atoms with van der Waals surface area (Å²) in [5.41, 5.74) is 4.25. The van der Waals surface area contributed by atoms with E-state index in [9.17, 15) is 0 Å². The molecule has 0 radical (unpaired) electrons. The molecule has 1 heterocycles. The van der Waals surface area contributed by atoms with Crippen LogP contribution in [0.25, 0.3) is 0 Å². The van der Waals surface area contributed by atoms with Gasteiger partial charge in [0.15, 0.2) is 0 Å². The summed E-state index contributed by atoms with van der Waals surface area (Å²) in [4.78, 5) is 4.40. The van der Waals surface area contributed by atoms with E-state index in [0.29, 0.717) is 6.04 Å². The second kappa shape index (κ2) is 7.61. The Labute approximate surface area is 117 Å². The van der Waals surface area contributed by atoms with Crippen molar-refractivity contribution in [1.82, 2.24) is 10.4 Å². The first-order valence-electron chi connectivity index (χ1n) is 7.71. The molecule has 3 heteroatoms. The molecule has 1 aromatic heterocycles. The minimum Gasteiger partial charge on any atom is -0.271 e. The zero-order chi connectivity index (χ0) is 13.5. The summed E-state index contributed by atoms with van der Waals surface area (Å²) in [6, 6.07) is 6.57. The van der Waals surface area contributed by atoms with Crippen molar-refractivity contribution in [2.45, 2.75) is 57.9 Å². The lowest BCUT2D eigenvalue weighted by Gasteiger charge is -2.36. The maximum Gasteiger partial charge on any atom is 0.0404 e. The molecule has 19 heavy (non-hydrogen) atoms. The van der Waals surface area contributed by atoms with Gasteiger partial charge in [0.1, 0.15) is 0 Å². The average Bonchev–Trinajstić information content (AvgIpc) is 2.49. The van der Waals surface area contributed by atoms with E-state index in [0.717, 1.165) is 24.7 Å². The summed E-state index contributed by atoms with van der Waals surface area (Å²) in [6.07, 6.45) is 10.7. The third-order valence-corrected chi connectivity index (χ3v) is 4.66. The van der Waals surface area contributed by atoms with E-state index in [-0.39, 0.29) is 0 Å². The van der Waals surface area contributed by atoms with Crippen molar-refractivity contribution in [2.24, 2.45) is 17.7 Å². The molecule has 1 fully saturated rings. The van der Waals surface area contributed by atoms with Crippen LogP contribution in [0.5, 0.6) is 0 Å². The van der Waals surface area contributed by atoms with Crippen molar-refractivity contribution >= 4 is 0 Å². The highest BCUT2D eigenvalue weighted by molar-refractivity contribution is 5.04. The lowest BCUT2D eigenvalue weighted by molar-refractivity contribution is 0.169. The van der Waals surface area contributed by atoms with Crippen LogP contribution < -0.4 is 11.3 Å². The summed E-state index contributed by atoms with van der Waals surface area (Å²) >= 11 is 0. The first-order chi connectivity index (χ1) is 9.35. The Hall–Kier alpha value is -0.930. The normalized spacial score (nSPS) is 25.2. The van der Waals surface area contributed by atoms with Crippen LogP contribution in [0.1, 0.15) is 51.1 Å². The standard InChI is InChI=1S/C16H27N3/c1-2-13-7-3-4-9-15(13)16(19-17)11-10-14-8-5-6-12-18-14/h5-6,8,12-13,15-16,19H,2-4,7,9-11,17H2,1H3. The third-order valence-electron chi connectivity index (χ3n) is 4.66. The molecule has 0 spiro atoms. The fourth-order valence-corrected chi connectivity index (χ4v) is 3.54. The van der Waals surface area contributed by atoms with Gasteiger partial charge in [0.2, 0.25) is 0 Å². The van der Waals surface area contributed by atoms with Gasteiger partial charge in [-0.05, 0) is 43.2 Å². The summed E-state index contributed by atoms with van der Waals surface area (Å²) in [6.45, 7) is 2.31. The molecule has 1 aliphatic rings. The topological polar surface area (TPSA) is 50.9 Å². The molecule has 0 amide bonds. The van der Waals surface area contributed by atoms with Crippen LogP contribution in [0.3, 0.4) is 0 Å². The molecule has 0 aromatic carbocycles. The fraction of sp³-hybridized carbons (Fsp3) is 0.688. The van der Waals surface area contributed by atoms with Gasteiger partial charge < -0.3 is 0 Å². The number of nitrogens with zero attached hydrogens (tertiary/aromatic N) is 1. The van der Waals surface area contributed by atoms with Crippen LogP contribution in [-0.2, 0) is 6.42 Å². The summed E-state index contributed by atoms with van der Waals surface area (Å²) < 4.78 is 0. The van der Waals surface area contributed by atoms with E-state index >= 15 is 0 Å². The van der Waals surface area contributed by atoms with E-state index in [1.54, 1.807) is 0 Å². The van der Waals surface area contributed by atoms with E-state index in [4.69, 9.17) is 5.84 Å². The SMILES string of the molecule is CCC1CCCCC1C(CCc1ccccn1)NN. The van der Waals surface area contributed by atoms with Gasteiger partial charge in [-0.3, -0.25) is 16.3 Å². The van der Waals surface area contributed by atoms with Crippen LogP contribution in [-0.4, -0.2) is 11.0 Å². The van der Waals surface area contributed by atoms with E-state index in [2.05, 4.69) is 29.5 Å². The number of hydrogen-bond donors (Lipinski definition) is 2. The molecular weight excluding hydrogens is 234 g/mol. The van der Waals surface area contributed by atoms with Crippen molar-refractivity contribution in [2.75, 3.05) is 0 Å². The Morgan fingerprint density at radius 1 is 1.37 bits per heavy atom. The number of aromatic nitrogens is 1. The molecular formula is C16H27N3. The smallest absolute Gasteiger partial charge is 0.0404 e. The molecule has 2 rings (SSSR count). The van der Waals surface area contributed by atoms with Crippen LogP contribution in [0.15, 0.2) is 24.4 Å². The number of rotatable bonds is 6. The Morgan fingerprint density at radius 3 is 2.89 bits per heavy atom. The lowest BCUT2D eigenvalue weighted by Crippen LogP contribution is -2.45. The Kier molecular flexibility index (Phi) is 5.80. The number of nitrogens with two attached hydrogens (primary N) is 1. The Bertz CT molecular complexity index is 352. The van der Waals surface area contributed by atoms with E-state index < -0.39 is 0 Å². The lowest BCUT2D eigenvalue weighted by atomic mass is 9.73. The highest BCUT2D eigenvalue weighted by Gasteiger charge is 2.29. The number of hydrogen-bond acceptors (Lipinski definition) is 3. The van der Waals surface area contributed by atoms with Crippen LogP contribution in [0.2, 0.25) is 0 Å². The van der Waals surface area contributed by atoms with Crippen LogP contribution in [0, 0.1) is 11.8 Å². The van der Waals surface area contributed by atoms with Crippen LogP contribution >= 0.6 is 0 Å². The van der Waals surface area contributed by atoms with Gasteiger partial charge in [-0.25, -0.2) is 0 Å². The van der Waals surface area contributed by atoms with Gasteiger partial charge in [-0.1, -0.05) is 38.7 Å². The van der Waals surface area contributed by atoms with Crippen molar-refractivity contribution in [3.05, 3.63) is 30.1 Å². The van der Waals surface area contributed by atoms with Crippen molar-refractivity contribution in [1.29, 1.82) is 0 Å². The molecule has 1 aliphatic carbocycles. The predicted molar refractivity (Wildman–Crippen MR) is 79.4 cm³/mol. The molecule has 3 N–H and O–H groups in total.